The summed E-state index contributed by atoms with van der Waals surface area (Å²) in [5.74, 6) is -0.255. The fourth-order valence-electron chi connectivity index (χ4n) is 3.57. The van der Waals surface area contributed by atoms with Gasteiger partial charge in [-0.25, -0.2) is 4.79 Å². The van der Waals surface area contributed by atoms with Gasteiger partial charge in [-0.2, -0.15) is 0 Å². The summed E-state index contributed by atoms with van der Waals surface area (Å²) in [6, 6.07) is 0. The highest BCUT2D eigenvalue weighted by Crippen LogP contribution is 2.38. The number of hydrogen-bond acceptors (Lipinski definition) is 4. The molecule has 0 bridgehead atoms. The van der Waals surface area contributed by atoms with Crippen LogP contribution < -0.4 is 5.32 Å². The summed E-state index contributed by atoms with van der Waals surface area (Å²) in [5, 5.41) is 3.72. The molecule has 0 saturated carbocycles. The van der Waals surface area contributed by atoms with Gasteiger partial charge in [-0.1, -0.05) is 52.4 Å². The molecule has 1 amide bonds. The highest BCUT2D eigenvalue weighted by atomic mass is 32.1. The topological polar surface area (TPSA) is 55.4 Å². The number of fused-ring (bicyclic) bond motifs is 1. The third-order valence-electron chi connectivity index (χ3n) is 5.07. The van der Waals surface area contributed by atoms with Crippen LogP contribution in [0.1, 0.15) is 105 Å². The standard InChI is InChI=1S/C22H35NO3S/c1-3-5-6-7-8-9-10-15-19(24)23-21-20(22(25)26-16-4-2)17-13-11-12-14-18(17)27-21/h3-16H2,1-2H3,(H,23,24). The van der Waals surface area contributed by atoms with Crippen molar-refractivity contribution in [1.29, 1.82) is 0 Å². The van der Waals surface area contributed by atoms with Gasteiger partial charge in [-0.05, 0) is 44.1 Å². The van der Waals surface area contributed by atoms with Crippen LogP contribution in [0, 0.1) is 0 Å². The molecule has 1 aromatic rings. The Morgan fingerprint density at radius 1 is 0.963 bits per heavy atom. The first-order chi connectivity index (χ1) is 13.2. The van der Waals surface area contributed by atoms with E-state index >= 15 is 0 Å². The molecule has 0 atom stereocenters. The lowest BCUT2D eigenvalue weighted by molar-refractivity contribution is -0.116. The number of hydrogen-bond donors (Lipinski definition) is 1. The predicted molar refractivity (Wildman–Crippen MR) is 113 cm³/mol. The lowest BCUT2D eigenvalue weighted by atomic mass is 9.95. The molecule has 2 rings (SSSR count). The normalized spacial score (nSPS) is 13.3. The lowest BCUT2D eigenvalue weighted by Gasteiger charge is -2.12. The molecule has 1 N–H and O–H groups in total. The molecule has 5 heteroatoms. The van der Waals surface area contributed by atoms with Crippen molar-refractivity contribution < 1.29 is 14.3 Å². The fraction of sp³-hybridized carbons (Fsp3) is 0.727. The highest BCUT2D eigenvalue weighted by molar-refractivity contribution is 7.17. The molecule has 0 fully saturated rings. The van der Waals surface area contributed by atoms with E-state index in [1.807, 2.05) is 6.92 Å². The Hall–Kier alpha value is -1.36. The molecule has 1 aliphatic carbocycles. The number of carbonyl (C=O) groups excluding carboxylic acids is 2. The van der Waals surface area contributed by atoms with Crippen molar-refractivity contribution >= 4 is 28.2 Å². The van der Waals surface area contributed by atoms with Gasteiger partial charge in [0.2, 0.25) is 5.91 Å². The highest BCUT2D eigenvalue weighted by Gasteiger charge is 2.27. The second-order valence-electron chi connectivity index (χ2n) is 7.47. The average Bonchev–Trinajstić information content (AvgIpc) is 3.03. The molecule has 1 heterocycles. The van der Waals surface area contributed by atoms with E-state index in [0.29, 0.717) is 23.6 Å². The van der Waals surface area contributed by atoms with Gasteiger partial charge in [0.05, 0.1) is 12.2 Å². The second kappa shape index (κ2) is 12.2. The number of amides is 1. The Bertz CT molecular complexity index is 609. The van der Waals surface area contributed by atoms with Crippen molar-refractivity contribution in [3.63, 3.8) is 0 Å². The zero-order valence-corrected chi connectivity index (χ0v) is 17.8. The van der Waals surface area contributed by atoms with Crippen LogP contribution in [0.5, 0.6) is 0 Å². The maximum Gasteiger partial charge on any atom is 0.341 e. The molecule has 27 heavy (non-hydrogen) atoms. The second-order valence-corrected chi connectivity index (χ2v) is 8.58. The quantitative estimate of drug-likeness (QED) is 0.336. The minimum absolute atomic E-state index is 0.0201. The summed E-state index contributed by atoms with van der Waals surface area (Å²) < 4.78 is 5.39. The van der Waals surface area contributed by atoms with Gasteiger partial charge >= 0.3 is 5.97 Å². The number of nitrogens with one attached hydrogen (secondary N) is 1. The first-order valence-corrected chi connectivity index (χ1v) is 11.6. The number of esters is 1. The Labute approximate surface area is 168 Å². The molecule has 0 saturated heterocycles. The van der Waals surface area contributed by atoms with Crippen molar-refractivity contribution in [3.05, 3.63) is 16.0 Å². The Balaban J connectivity index is 1.89. The molecule has 0 aromatic carbocycles. The summed E-state index contributed by atoms with van der Waals surface area (Å²) in [6.07, 6.45) is 13.8. The molecule has 152 valence electrons. The molecule has 0 spiro atoms. The van der Waals surface area contributed by atoms with Crippen molar-refractivity contribution in [2.24, 2.45) is 0 Å². The third-order valence-corrected chi connectivity index (χ3v) is 6.28. The maximum atomic E-state index is 12.6. The van der Waals surface area contributed by atoms with Gasteiger partial charge in [0.15, 0.2) is 0 Å². The molecule has 0 radical (unpaired) electrons. The van der Waals surface area contributed by atoms with Crippen molar-refractivity contribution in [2.75, 3.05) is 11.9 Å². The third kappa shape index (κ3) is 6.95. The van der Waals surface area contributed by atoms with E-state index in [4.69, 9.17) is 4.74 Å². The van der Waals surface area contributed by atoms with Gasteiger partial charge in [0, 0.05) is 11.3 Å². The molecule has 1 aliphatic rings. The number of rotatable bonds is 12. The number of thiophene rings is 1. The van der Waals surface area contributed by atoms with Gasteiger partial charge in [-0.15, -0.1) is 11.3 Å². The molecule has 1 aromatic heterocycles. The molecular formula is C22H35NO3S. The van der Waals surface area contributed by atoms with Crippen molar-refractivity contribution in [1.82, 2.24) is 0 Å². The van der Waals surface area contributed by atoms with E-state index in [2.05, 4.69) is 12.2 Å². The van der Waals surface area contributed by atoms with Gasteiger partial charge in [0.25, 0.3) is 0 Å². The molecule has 0 unspecified atom stereocenters. The smallest absolute Gasteiger partial charge is 0.341 e. The van der Waals surface area contributed by atoms with Crippen LogP contribution in [-0.4, -0.2) is 18.5 Å². The van der Waals surface area contributed by atoms with E-state index in [0.717, 1.165) is 50.5 Å². The van der Waals surface area contributed by atoms with E-state index < -0.39 is 0 Å². The minimum Gasteiger partial charge on any atom is -0.462 e. The number of carbonyl (C=O) groups is 2. The van der Waals surface area contributed by atoms with E-state index in [9.17, 15) is 9.59 Å². The molecular weight excluding hydrogens is 358 g/mol. The Morgan fingerprint density at radius 2 is 1.67 bits per heavy atom. The SMILES string of the molecule is CCCCCCCCCC(=O)Nc1sc2c(c1C(=O)OCCC)CCCC2. The summed E-state index contributed by atoms with van der Waals surface area (Å²) in [4.78, 5) is 26.2. The van der Waals surface area contributed by atoms with Crippen LogP contribution in [0.25, 0.3) is 0 Å². The number of unbranched alkanes of at least 4 members (excludes halogenated alkanes) is 6. The lowest BCUT2D eigenvalue weighted by Crippen LogP contribution is -2.15. The number of aryl methyl sites for hydroxylation is 1. The Morgan fingerprint density at radius 3 is 2.41 bits per heavy atom. The number of ether oxygens (including phenoxy) is 1. The molecule has 0 aliphatic heterocycles. The Kier molecular flexibility index (Phi) is 9.89. The van der Waals surface area contributed by atoms with Crippen LogP contribution in [0.3, 0.4) is 0 Å². The largest absolute Gasteiger partial charge is 0.462 e. The van der Waals surface area contributed by atoms with Crippen LogP contribution >= 0.6 is 11.3 Å². The summed E-state index contributed by atoms with van der Waals surface area (Å²) in [6.45, 7) is 4.63. The van der Waals surface area contributed by atoms with Gasteiger partial charge in [0.1, 0.15) is 5.00 Å². The predicted octanol–water partition coefficient (Wildman–Crippen LogP) is 6.27. The summed E-state index contributed by atoms with van der Waals surface area (Å²) in [7, 11) is 0. The van der Waals surface area contributed by atoms with Crippen LogP contribution in [-0.2, 0) is 22.4 Å². The zero-order valence-electron chi connectivity index (χ0n) is 17.0. The van der Waals surface area contributed by atoms with Crippen molar-refractivity contribution in [2.45, 2.75) is 97.3 Å². The monoisotopic (exact) mass is 393 g/mol. The summed E-state index contributed by atoms with van der Waals surface area (Å²) in [5.41, 5.74) is 1.73. The van der Waals surface area contributed by atoms with Gasteiger partial charge in [-0.3, -0.25) is 4.79 Å². The number of anilines is 1. The van der Waals surface area contributed by atoms with E-state index in [1.54, 1.807) is 11.3 Å². The minimum atomic E-state index is -0.275. The van der Waals surface area contributed by atoms with Crippen molar-refractivity contribution in [3.8, 4) is 0 Å². The van der Waals surface area contributed by atoms with E-state index in [1.165, 1.54) is 37.0 Å². The van der Waals surface area contributed by atoms with Gasteiger partial charge < -0.3 is 10.1 Å². The first kappa shape index (κ1) is 21.9. The van der Waals surface area contributed by atoms with E-state index in [-0.39, 0.29) is 11.9 Å². The maximum absolute atomic E-state index is 12.6. The zero-order chi connectivity index (χ0) is 19.5. The van der Waals surface area contributed by atoms with Crippen LogP contribution in [0.4, 0.5) is 5.00 Å². The van der Waals surface area contributed by atoms with Crippen LogP contribution in [0.2, 0.25) is 0 Å². The fourth-order valence-corrected chi connectivity index (χ4v) is 4.86. The average molecular weight is 394 g/mol. The first-order valence-electron chi connectivity index (χ1n) is 10.8. The van der Waals surface area contributed by atoms with Crippen LogP contribution in [0.15, 0.2) is 0 Å². The molecule has 4 nitrogen and oxygen atoms in total. The summed E-state index contributed by atoms with van der Waals surface area (Å²) >= 11 is 1.57.